The summed E-state index contributed by atoms with van der Waals surface area (Å²) in [6.45, 7) is 11.6. The Morgan fingerprint density at radius 2 is 1.27 bits per heavy atom. The summed E-state index contributed by atoms with van der Waals surface area (Å²) in [5, 5.41) is 0. The number of hydrogen-bond acceptors (Lipinski definition) is 6. The van der Waals surface area contributed by atoms with Crippen LogP contribution in [-0.4, -0.2) is 59.1 Å². The summed E-state index contributed by atoms with van der Waals surface area (Å²) >= 11 is 0. The van der Waals surface area contributed by atoms with Crippen LogP contribution in [0, 0.1) is 0 Å². The van der Waals surface area contributed by atoms with Gasteiger partial charge in [-0.3, -0.25) is 0 Å². The summed E-state index contributed by atoms with van der Waals surface area (Å²) in [5.74, 6) is 1.76. The molecule has 6 nitrogen and oxygen atoms in total. The molecule has 1 atom stereocenters. The maximum atomic E-state index is 5.85. The van der Waals surface area contributed by atoms with Gasteiger partial charge in [0.2, 0.25) is 0 Å². The van der Waals surface area contributed by atoms with E-state index in [1.165, 1.54) is 11.1 Å². The predicted molar refractivity (Wildman–Crippen MR) is 128 cm³/mol. The zero-order chi connectivity index (χ0) is 23.4. The van der Waals surface area contributed by atoms with Crippen LogP contribution in [0.4, 0.5) is 0 Å². The van der Waals surface area contributed by atoms with Crippen LogP contribution in [-0.2, 0) is 24.4 Å². The monoisotopic (exact) mass is 458 g/mol. The minimum Gasteiger partial charge on any atom is -0.494 e. The van der Waals surface area contributed by atoms with Crippen LogP contribution in [0.5, 0.6) is 11.5 Å². The van der Waals surface area contributed by atoms with Crippen LogP contribution >= 0.6 is 0 Å². The van der Waals surface area contributed by atoms with Gasteiger partial charge in [0.1, 0.15) is 24.4 Å². The largest absolute Gasteiger partial charge is 0.494 e. The highest BCUT2D eigenvalue weighted by Gasteiger charge is 2.23. The SMILES string of the molecule is CCOCOCCCOc1ccc(C(C)(C)c2ccc(OCCCOCC3CO3)cc2)cc1. The van der Waals surface area contributed by atoms with Gasteiger partial charge in [0.25, 0.3) is 0 Å². The highest BCUT2D eigenvalue weighted by atomic mass is 16.7. The lowest BCUT2D eigenvalue weighted by molar-refractivity contribution is -0.0515. The van der Waals surface area contributed by atoms with E-state index in [1.54, 1.807) is 0 Å². The van der Waals surface area contributed by atoms with Crippen LogP contribution in [0.2, 0.25) is 0 Å². The number of epoxide rings is 1. The maximum Gasteiger partial charge on any atom is 0.146 e. The van der Waals surface area contributed by atoms with Crippen molar-refractivity contribution in [3.8, 4) is 11.5 Å². The molecule has 1 heterocycles. The first-order chi connectivity index (χ1) is 16.1. The molecule has 0 spiro atoms. The van der Waals surface area contributed by atoms with Gasteiger partial charge in [0.05, 0.1) is 33.0 Å². The molecule has 33 heavy (non-hydrogen) atoms. The Kier molecular flexibility index (Phi) is 10.5. The van der Waals surface area contributed by atoms with Gasteiger partial charge in [-0.1, -0.05) is 38.1 Å². The van der Waals surface area contributed by atoms with Crippen molar-refractivity contribution in [2.45, 2.75) is 45.1 Å². The first-order valence-corrected chi connectivity index (χ1v) is 11.9. The van der Waals surface area contributed by atoms with Gasteiger partial charge < -0.3 is 28.4 Å². The van der Waals surface area contributed by atoms with Gasteiger partial charge in [-0.15, -0.1) is 0 Å². The summed E-state index contributed by atoms with van der Waals surface area (Å²) in [4.78, 5) is 0. The number of hydrogen-bond donors (Lipinski definition) is 0. The Hall–Kier alpha value is -2.12. The normalized spacial score (nSPS) is 15.4. The van der Waals surface area contributed by atoms with Gasteiger partial charge in [0.15, 0.2) is 0 Å². The molecule has 6 heteroatoms. The first kappa shape index (κ1) is 25.5. The van der Waals surface area contributed by atoms with Crippen molar-refractivity contribution in [1.29, 1.82) is 0 Å². The average Bonchev–Trinajstić information content (AvgIpc) is 3.66. The average molecular weight is 459 g/mol. The Balaban J connectivity index is 1.39. The molecule has 0 bridgehead atoms. The van der Waals surface area contributed by atoms with Gasteiger partial charge in [-0.25, -0.2) is 0 Å². The molecule has 2 aromatic rings. The van der Waals surface area contributed by atoms with E-state index in [0.717, 1.165) is 30.9 Å². The van der Waals surface area contributed by atoms with Crippen molar-refractivity contribution in [2.75, 3.05) is 53.0 Å². The number of benzene rings is 2. The Bertz CT molecular complexity index is 783. The molecular weight excluding hydrogens is 420 g/mol. The fraction of sp³-hybridized carbons (Fsp3) is 0.556. The summed E-state index contributed by atoms with van der Waals surface area (Å²) in [6, 6.07) is 16.7. The van der Waals surface area contributed by atoms with Gasteiger partial charge in [-0.05, 0) is 42.3 Å². The lowest BCUT2D eigenvalue weighted by Gasteiger charge is -2.26. The lowest BCUT2D eigenvalue weighted by atomic mass is 9.78. The Morgan fingerprint density at radius 3 is 1.76 bits per heavy atom. The maximum absolute atomic E-state index is 5.85. The van der Waals surface area contributed by atoms with Gasteiger partial charge in [0, 0.05) is 31.5 Å². The molecule has 1 fully saturated rings. The second-order valence-corrected chi connectivity index (χ2v) is 8.63. The number of ether oxygens (including phenoxy) is 6. The van der Waals surface area contributed by atoms with Crippen LogP contribution in [0.1, 0.15) is 44.7 Å². The quantitative estimate of drug-likeness (QED) is 0.189. The summed E-state index contributed by atoms with van der Waals surface area (Å²) in [6.07, 6.45) is 2.02. The van der Waals surface area contributed by atoms with Crippen molar-refractivity contribution in [1.82, 2.24) is 0 Å². The fourth-order valence-electron chi connectivity index (χ4n) is 3.38. The highest BCUT2D eigenvalue weighted by molar-refractivity contribution is 5.41. The Labute approximate surface area is 198 Å². The standard InChI is InChI=1S/C27H38O6/c1-4-28-21-30-16-6-18-32-25-13-9-23(10-14-25)27(2,3)22-7-11-24(12-8-22)31-17-5-15-29-19-26-20-33-26/h7-14,26H,4-6,15-21H2,1-3H3. The third kappa shape index (κ3) is 8.97. The molecule has 0 aromatic heterocycles. The zero-order valence-corrected chi connectivity index (χ0v) is 20.2. The predicted octanol–water partition coefficient (Wildman–Crippen LogP) is 4.98. The van der Waals surface area contributed by atoms with Crippen molar-refractivity contribution in [3.63, 3.8) is 0 Å². The minimum absolute atomic E-state index is 0.122. The van der Waals surface area contributed by atoms with Crippen LogP contribution < -0.4 is 9.47 Å². The van der Waals surface area contributed by atoms with E-state index >= 15 is 0 Å². The second kappa shape index (κ2) is 13.6. The lowest BCUT2D eigenvalue weighted by Crippen LogP contribution is -2.18. The second-order valence-electron chi connectivity index (χ2n) is 8.63. The molecule has 182 valence electrons. The summed E-state index contributed by atoms with van der Waals surface area (Å²) in [7, 11) is 0. The topological polar surface area (TPSA) is 58.7 Å². The smallest absolute Gasteiger partial charge is 0.146 e. The molecule has 1 saturated heterocycles. The molecule has 3 rings (SSSR count). The molecule has 0 saturated carbocycles. The zero-order valence-electron chi connectivity index (χ0n) is 20.2. The van der Waals surface area contributed by atoms with E-state index in [0.29, 0.717) is 52.5 Å². The fourth-order valence-corrected chi connectivity index (χ4v) is 3.38. The van der Waals surface area contributed by atoms with Crippen molar-refractivity contribution in [3.05, 3.63) is 59.7 Å². The Morgan fingerprint density at radius 1 is 0.758 bits per heavy atom. The summed E-state index contributed by atoms with van der Waals surface area (Å²) in [5.41, 5.74) is 2.35. The van der Waals surface area contributed by atoms with E-state index in [2.05, 4.69) is 38.1 Å². The molecule has 0 N–H and O–H groups in total. The molecule has 1 aliphatic rings. The molecule has 0 radical (unpaired) electrons. The van der Waals surface area contributed by atoms with Crippen molar-refractivity contribution < 1.29 is 28.4 Å². The van der Waals surface area contributed by atoms with Crippen LogP contribution in [0.15, 0.2) is 48.5 Å². The third-order valence-electron chi connectivity index (χ3n) is 5.63. The van der Waals surface area contributed by atoms with Crippen LogP contribution in [0.3, 0.4) is 0 Å². The van der Waals surface area contributed by atoms with E-state index in [1.807, 2.05) is 31.2 Å². The van der Waals surface area contributed by atoms with E-state index < -0.39 is 0 Å². The molecule has 2 aromatic carbocycles. The molecule has 0 amide bonds. The molecule has 0 aliphatic carbocycles. The van der Waals surface area contributed by atoms with Gasteiger partial charge in [-0.2, -0.15) is 0 Å². The highest BCUT2D eigenvalue weighted by Crippen LogP contribution is 2.33. The molecule has 1 aliphatic heterocycles. The molecular formula is C27H38O6. The third-order valence-corrected chi connectivity index (χ3v) is 5.63. The van der Waals surface area contributed by atoms with Gasteiger partial charge >= 0.3 is 0 Å². The van der Waals surface area contributed by atoms with E-state index in [4.69, 9.17) is 28.4 Å². The van der Waals surface area contributed by atoms with E-state index in [-0.39, 0.29) is 5.41 Å². The molecule has 1 unspecified atom stereocenters. The van der Waals surface area contributed by atoms with Crippen molar-refractivity contribution in [2.24, 2.45) is 0 Å². The first-order valence-electron chi connectivity index (χ1n) is 11.9. The van der Waals surface area contributed by atoms with E-state index in [9.17, 15) is 0 Å². The number of rotatable bonds is 17. The summed E-state index contributed by atoms with van der Waals surface area (Å²) < 4.78 is 32.8. The van der Waals surface area contributed by atoms with Crippen molar-refractivity contribution >= 4 is 0 Å². The minimum atomic E-state index is -0.122. The van der Waals surface area contributed by atoms with Crippen LogP contribution in [0.25, 0.3) is 0 Å².